The minimum atomic E-state index is 0.507. The third kappa shape index (κ3) is 1.63. The quantitative estimate of drug-likeness (QED) is 0.566. The standard InChI is InChI=1S/C16H15N3O2/c1-9-4-5-10-7-12-15(11(10)6-9)18-16-17-13(20-2)8-14(21-3)19(12)16/h4-6,8H,7H2,1-3H3. The molecule has 0 saturated heterocycles. The molecular weight excluding hydrogens is 266 g/mol. The molecule has 0 spiro atoms. The SMILES string of the molecule is COc1cc(OC)n2c3c(nc2n1)-c1cc(C)ccc1C3. The van der Waals surface area contributed by atoms with Crippen LogP contribution < -0.4 is 9.47 Å². The normalized spacial score (nSPS) is 12.3. The van der Waals surface area contributed by atoms with Gasteiger partial charge in [0.25, 0.3) is 0 Å². The number of benzene rings is 1. The fraction of sp³-hybridized carbons (Fsp3) is 0.250. The predicted octanol–water partition coefficient (Wildman–Crippen LogP) is 2.63. The van der Waals surface area contributed by atoms with Crippen LogP contribution in [0.15, 0.2) is 24.3 Å². The number of aromatic nitrogens is 3. The molecule has 1 aromatic carbocycles. The van der Waals surface area contributed by atoms with Crippen molar-refractivity contribution in [3.05, 3.63) is 41.1 Å². The Kier molecular flexibility index (Phi) is 2.45. The molecule has 0 bridgehead atoms. The van der Waals surface area contributed by atoms with Crippen LogP contribution in [0.1, 0.15) is 16.8 Å². The van der Waals surface area contributed by atoms with Gasteiger partial charge in [-0.15, -0.1) is 0 Å². The van der Waals surface area contributed by atoms with E-state index in [0.717, 1.165) is 17.8 Å². The molecule has 0 aliphatic heterocycles. The van der Waals surface area contributed by atoms with E-state index in [1.54, 1.807) is 20.3 Å². The van der Waals surface area contributed by atoms with Crippen LogP contribution in [0.25, 0.3) is 17.0 Å². The van der Waals surface area contributed by atoms with Gasteiger partial charge in [0.15, 0.2) is 0 Å². The third-order valence-corrected chi connectivity index (χ3v) is 3.93. The van der Waals surface area contributed by atoms with E-state index < -0.39 is 0 Å². The Bertz CT molecular complexity index is 868. The first kappa shape index (κ1) is 12.2. The van der Waals surface area contributed by atoms with Crippen molar-refractivity contribution in [1.29, 1.82) is 0 Å². The number of rotatable bonds is 2. The van der Waals surface area contributed by atoms with Gasteiger partial charge < -0.3 is 9.47 Å². The second-order valence-electron chi connectivity index (χ2n) is 5.22. The van der Waals surface area contributed by atoms with E-state index in [1.165, 1.54) is 16.7 Å². The summed E-state index contributed by atoms with van der Waals surface area (Å²) in [6, 6.07) is 8.26. The number of ether oxygens (including phenoxy) is 2. The Morgan fingerprint density at radius 2 is 1.95 bits per heavy atom. The zero-order chi connectivity index (χ0) is 14.6. The maximum atomic E-state index is 5.48. The second kappa shape index (κ2) is 4.22. The van der Waals surface area contributed by atoms with Gasteiger partial charge in [0.2, 0.25) is 17.5 Å². The largest absolute Gasteiger partial charge is 0.482 e. The summed E-state index contributed by atoms with van der Waals surface area (Å²) in [6.45, 7) is 2.09. The minimum absolute atomic E-state index is 0.507. The van der Waals surface area contributed by atoms with E-state index in [1.807, 2.05) is 4.40 Å². The van der Waals surface area contributed by atoms with Crippen LogP contribution >= 0.6 is 0 Å². The predicted molar refractivity (Wildman–Crippen MR) is 79.1 cm³/mol. The van der Waals surface area contributed by atoms with Crippen LogP contribution in [0, 0.1) is 6.92 Å². The van der Waals surface area contributed by atoms with Crippen molar-refractivity contribution in [3.8, 4) is 23.0 Å². The molecule has 2 heterocycles. The first-order valence-electron chi connectivity index (χ1n) is 6.81. The summed E-state index contributed by atoms with van der Waals surface area (Å²) in [5.74, 6) is 1.81. The lowest BCUT2D eigenvalue weighted by molar-refractivity contribution is 0.369. The number of imidazole rings is 1. The maximum absolute atomic E-state index is 5.48. The van der Waals surface area contributed by atoms with Gasteiger partial charge in [0, 0.05) is 12.0 Å². The van der Waals surface area contributed by atoms with Crippen LogP contribution in [0.4, 0.5) is 0 Å². The lowest BCUT2D eigenvalue weighted by Crippen LogP contribution is -2.01. The van der Waals surface area contributed by atoms with E-state index in [0.29, 0.717) is 17.5 Å². The van der Waals surface area contributed by atoms with Crippen molar-refractivity contribution < 1.29 is 9.47 Å². The summed E-state index contributed by atoms with van der Waals surface area (Å²) >= 11 is 0. The third-order valence-electron chi connectivity index (χ3n) is 3.93. The molecule has 0 atom stereocenters. The van der Waals surface area contributed by atoms with E-state index in [-0.39, 0.29) is 0 Å². The first-order valence-corrected chi connectivity index (χ1v) is 6.81. The number of nitrogens with zero attached hydrogens (tertiary/aromatic N) is 3. The summed E-state index contributed by atoms with van der Waals surface area (Å²) in [5, 5.41) is 0. The minimum Gasteiger partial charge on any atom is -0.482 e. The van der Waals surface area contributed by atoms with Gasteiger partial charge in [-0.1, -0.05) is 17.7 Å². The van der Waals surface area contributed by atoms with Gasteiger partial charge in [-0.25, -0.2) is 4.98 Å². The van der Waals surface area contributed by atoms with Gasteiger partial charge in [0.05, 0.1) is 31.7 Å². The molecule has 106 valence electrons. The lowest BCUT2D eigenvalue weighted by atomic mass is 10.1. The Morgan fingerprint density at radius 3 is 2.71 bits per heavy atom. The van der Waals surface area contributed by atoms with Crippen LogP contribution in [0.5, 0.6) is 11.8 Å². The summed E-state index contributed by atoms with van der Waals surface area (Å²) in [5.41, 5.74) is 5.84. The molecule has 0 N–H and O–H groups in total. The zero-order valence-corrected chi connectivity index (χ0v) is 12.2. The van der Waals surface area contributed by atoms with Gasteiger partial charge >= 0.3 is 0 Å². The molecular formula is C16H15N3O2. The Balaban J connectivity index is 2.03. The van der Waals surface area contributed by atoms with Gasteiger partial charge in [-0.3, -0.25) is 4.40 Å². The fourth-order valence-electron chi connectivity index (χ4n) is 2.93. The highest BCUT2D eigenvalue weighted by Gasteiger charge is 2.26. The highest BCUT2D eigenvalue weighted by atomic mass is 16.5. The van der Waals surface area contributed by atoms with Crippen LogP contribution in [-0.4, -0.2) is 28.6 Å². The van der Waals surface area contributed by atoms with E-state index in [9.17, 15) is 0 Å². The number of methoxy groups -OCH3 is 2. The van der Waals surface area contributed by atoms with Crippen molar-refractivity contribution >= 4 is 5.78 Å². The average Bonchev–Trinajstić information content (AvgIpc) is 3.02. The molecule has 1 aliphatic carbocycles. The molecule has 4 rings (SSSR count). The van der Waals surface area contributed by atoms with Crippen LogP contribution in [0.3, 0.4) is 0 Å². The number of hydrogen-bond acceptors (Lipinski definition) is 4. The van der Waals surface area contributed by atoms with Crippen LogP contribution in [-0.2, 0) is 6.42 Å². The van der Waals surface area contributed by atoms with E-state index >= 15 is 0 Å². The Hall–Kier alpha value is -2.56. The van der Waals surface area contributed by atoms with Crippen molar-refractivity contribution in [1.82, 2.24) is 14.4 Å². The molecule has 0 radical (unpaired) electrons. The monoisotopic (exact) mass is 281 g/mol. The molecule has 5 heteroatoms. The topological polar surface area (TPSA) is 48.7 Å². The Labute approximate surface area is 122 Å². The zero-order valence-electron chi connectivity index (χ0n) is 12.2. The molecule has 5 nitrogen and oxygen atoms in total. The Morgan fingerprint density at radius 1 is 1.10 bits per heavy atom. The van der Waals surface area contributed by atoms with Gasteiger partial charge in [-0.2, -0.15) is 4.98 Å². The first-order chi connectivity index (χ1) is 10.2. The molecule has 0 amide bonds. The molecule has 3 aromatic rings. The van der Waals surface area contributed by atoms with Crippen molar-refractivity contribution in [2.75, 3.05) is 14.2 Å². The molecule has 1 aliphatic rings. The van der Waals surface area contributed by atoms with E-state index in [4.69, 9.17) is 9.47 Å². The second-order valence-corrected chi connectivity index (χ2v) is 5.22. The fourth-order valence-corrected chi connectivity index (χ4v) is 2.93. The molecule has 0 unspecified atom stereocenters. The van der Waals surface area contributed by atoms with Crippen molar-refractivity contribution in [2.24, 2.45) is 0 Å². The lowest BCUT2D eigenvalue weighted by Gasteiger charge is -2.08. The van der Waals surface area contributed by atoms with Crippen molar-refractivity contribution in [2.45, 2.75) is 13.3 Å². The highest BCUT2D eigenvalue weighted by Crippen LogP contribution is 2.38. The van der Waals surface area contributed by atoms with Gasteiger partial charge in [-0.05, 0) is 18.6 Å². The average molecular weight is 281 g/mol. The highest BCUT2D eigenvalue weighted by molar-refractivity contribution is 5.75. The number of fused-ring (bicyclic) bond motifs is 5. The molecule has 0 saturated carbocycles. The summed E-state index contributed by atoms with van der Waals surface area (Å²) < 4.78 is 12.7. The van der Waals surface area contributed by atoms with Gasteiger partial charge in [0.1, 0.15) is 0 Å². The molecule has 2 aromatic heterocycles. The number of aryl methyl sites for hydroxylation is 1. The van der Waals surface area contributed by atoms with Crippen molar-refractivity contribution in [3.63, 3.8) is 0 Å². The molecule has 0 fully saturated rings. The smallest absolute Gasteiger partial charge is 0.240 e. The summed E-state index contributed by atoms with van der Waals surface area (Å²) in [4.78, 5) is 9.10. The number of hydrogen-bond donors (Lipinski definition) is 0. The van der Waals surface area contributed by atoms with E-state index in [2.05, 4.69) is 35.1 Å². The summed E-state index contributed by atoms with van der Waals surface area (Å²) in [7, 11) is 3.24. The summed E-state index contributed by atoms with van der Waals surface area (Å²) in [6.07, 6.45) is 0.844. The van der Waals surface area contributed by atoms with Crippen LogP contribution in [0.2, 0.25) is 0 Å². The maximum Gasteiger partial charge on any atom is 0.240 e. The molecule has 21 heavy (non-hydrogen) atoms.